The van der Waals surface area contributed by atoms with Gasteiger partial charge in [-0.05, 0) is 13.8 Å². The average Bonchev–Trinajstić information content (AvgIpc) is 2.49. The smallest absolute Gasteiger partial charge is 0.326 e. The van der Waals surface area contributed by atoms with Crippen molar-refractivity contribution in [3.63, 3.8) is 0 Å². The lowest BCUT2D eigenvalue weighted by Gasteiger charge is -2.25. The third kappa shape index (κ3) is 2.72. The van der Waals surface area contributed by atoms with E-state index in [0.29, 0.717) is 13.1 Å². The molecule has 0 spiro atoms. The van der Waals surface area contributed by atoms with Gasteiger partial charge < -0.3 is 9.47 Å². The van der Waals surface area contributed by atoms with Crippen molar-refractivity contribution in [1.29, 1.82) is 0 Å². The van der Waals surface area contributed by atoms with Crippen LogP contribution in [-0.2, 0) is 19.1 Å². The summed E-state index contributed by atoms with van der Waals surface area (Å²) >= 11 is 0. The van der Waals surface area contributed by atoms with Crippen molar-refractivity contribution >= 4 is 18.0 Å². The maximum Gasteiger partial charge on any atom is 0.326 e. The van der Waals surface area contributed by atoms with Crippen molar-refractivity contribution in [2.24, 2.45) is 0 Å². The number of likely N-dealkylation sites (N-methyl/N-ethyl adjacent to an activating group) is 2. The van der Waals surface area contributed by atoms with E-state index in [1.54, 1.807) is 13.8 Å². The van der Waals surface area contributed by atoms with E-state index >= 15 is 0 Å². The zero-order valence-electron chi connectivity index (χ0n) is 11.0. The van der Waals surface area contributed by atoms with Gasteiger partial charge in [-0.3, -0.25) is 19.4 Å². The van der Waals surface area contributed by atoms with E-state index in [1.807, 2.05) is 0 Å². The first-order chi connectivity index (χ1) is 8.42. The molecular formula is C11H18N2O5. The summed E-state index contributed by atoms with van der Waals surface area (Å²) in [5, 5.41) is 0. The van der Waals surface area contributed by atoms with Gasteiger partial charge in [0.25, 0.3) is 0 Å². The molecule has 1 aliphatic rings. The van der Waals surface area contributed by atoms with Gasteiger partial charge >= 0.3 is 18.0 Å². The zero-order valence-corrected chi connectivity index (χ0v) is 11.0. The van der Waals surface area contributed by atoms with Crippen LogP contribution in [-0.4, -0.2) is 53.3 Å². The van der Waals surface area contributed by atoms with E-state index < -0.39 is 24.4 Å². The van der Waals surface area contributed by atoms with Crippen molar-refractivity contribution in [3.05, 3.63) is 0 Å². The van der Waals surface area contributed by atoms with Crippen LogP contribution in [0.3, 0.4) is 0 Å². The van der Waals surface area contributed by atoms with Crippen LogP contribution in [0.5, 0.6) is 0 Å². The molecule has 0 aromatic heterocycles. The SMILES string of the molecule is CCN1C(=O)N(CC)C(OC(C)=O)C1OC(C)=O. The number of amides is 2. The van der Waals surface area contributed by atoms with Crippen molar-refractivity contribution in [3.8, 4) is 0 Å². The Bertz CT molecular complexity index is 325. The molecule has 7 nitrogen and oxygen atoms in total. The summed E-state index contributed by atoms with van der Waals surface area (Å²) in [6.45, 7) is 6.75. The van der Waals surface area contributed by atoms with Gasteiger partial charge in [0.15, 0.2) is 0 Å². The van der Waals surface area contributed by atoms with E-state index in [9.17, 15) is 14.4 Å². The maximum absolute atomic E-state index is 12.0. The predicted molar refractivity (Wildman–Crippen MR) is 61.3 cm³/mol. The van der Waals surface area contributed by atoms with Crippen molar-refractivity contribution in [1.82, 2.24) is 9.80 Å². The molecule has 1 fully saturated rings. The minimum absolute atomic E-state index is 0.308. The van der Waals surface area contributed by atoms with Gasteiger partial charge in [-0.1, -0.05) is 0 Å². The van der Waals surface area contributed by atoms with Crippen LogP contribution in [0.15, 0.2) is 0 Å². The number of esters is 2. The summed E-state index contributed by atoms with van der Waals surface area (Å²) in [7, 11) is 0. The predicted octanol–water partition coefficient (Wildman–Crippen LogP) is 0.542. The molecule has 0 aliphatic carbocycles. The van der Waals surface area contributed by atoms with Crippen molar-refractivity contribution in [2.45, 2.75) is 40.2 Å². The highest BCUT2D eigenvalue weighted by Crippen LogP contribution is 2.24. The topological polar surface area (TPSA) is 76.2 Å². The van der Waals surface area contributed by atoms with Crippen LogP contribution < -0.4 is 0 Å². The van der Waals surface area contributed by atoms with Gasteiger partial charge in [-0.25, -0.2) is 4.79 Å². The molecule has 0 aromatic rings. The number of carbonyl (C=O) groups is 3. The molecule has 1 heterocycles. The third-order valence-corrected chi connectivity index (χ3v) is 2.60. The largest absolute Gasteiger partial charge is 0.435 e. The second kappa shape index (κ2) is 5.70. The number of ether oxygens (including phenoxy) is 2. The molecule has 2 atom stereocenters. The average molecular weight is 258 g/mol. The summed E-state index contributed by atoms with van der Waals surface area (Å²) in [5.74, 6) is -1.05. The van der Waals surface area contributed by atoms with Crippen LogP contribution in [0.4, 0.5) is 4.79 Å². The highest BCUT2D eigenvalue weighted by molar-refractivity contribution is 5.79. The van der Waals surface area contributed by atoms with Crippen LogP contribution in [0.2, 0.25) is 0 Å². The van der Waals surface area contributed by atoms with Gasteiger partial charge in [-0.15, -0.1) is 0 Å². The molecule has 0 bridgehead atoms. The molecule has 0 radical (unpaired) electrons. The van der Waals surface area contributed by atoms with Crippen LogP contribution >= 0.6 is 0 Å². The molecule has 102 valence electrons. The van der Waals surface area contributed by atoms with Crippen LogP contribution in [0.25, 0.3) is 0 Å². The summed E-state index contributed by atoms with van der Waals surface area (Å²) in [4.78, 5) is 36.9. The maximum atomic E-state index is 12.0. The fourth-order valence-corrected chi connectivity index (χ4v) is 1.90. The third-order valence-electron chi connectivity index (χ3n) is 2.60. The molecule has 0 saturated carbocycles. The van der Waals surface area contributed by atoms with E-state index in [-0.39, 0.29) is 6.03 Å². The van der Waals surface area contributed by atoms with Crippen LogP contribution in [0.1, 0.15) is 27.7 Å². The normalized spacial score (nSPS) is 23.2. The first kappa shape index (κ1) is 14.3. The fourth-order valence-electron chi connectivity index (χ4n) is 1.90. The molecule has 0 aromatic carbocycles. The molecule has 1 rings (SSSR count). The summed E-state index contributed by atoms with van der Waals surface area (Å²) in [6.07, 6.45) is -1.77. The van der Waals surface area contributed by atoms with E-state index in [0.717, 1.165) is 0 Å². The molecule has 7 heteroatoms. The van der Waals surface area contributed by atoms with E-state index in [2.05, 4.69) is 0 Å². The molecule has 2 amide bonds. The number of carbonyl (C=O) groups excluding carboxylic acids is 3. The Hall–Kier alpha value is -1.79. The number of hydrogen-bond donors (Lipinski definition) is 0. The van der Waals surface area contributed by atoms with Gasteiger partial charge in [-0.2, -0.15) is 0 Å². The molecular weight excluding hydrogens is 240 g/mol. The minimum Gasteiger partial charge on any atom is -0.435 e. The highest BCUT2D eigenvalue weighted by Gasteiger charge is 2.48. The minimum atomic E-state index is -0.885. The van der Waals surface area contributed by atoms with E-state index in [1.165, 1.54) is 23.6 Å². The van der Waals surface area contributed by atoms with Crippen molar-refractivity contribution in [2.75, 3.05) is 13.1 Å². The lowest BCUT2D eigenvalue weighted by atomic mass is 10.4. The lowest BCUT2D eigenvalue weighted by Crippen LogP contribution is -2.43. The number of hydrogen-bond acceptors (Lipinski definition) is 5. The monoisotopic (exact) mass is 258 g/mol. The van der Waals surface area contributed by atoms with Crippen molar-refractivity contribution < 1.29 is 23.9 Å². The quantitative estimate of drug-likeness (QED) is 0.688. The Morgan fingerprint density at radius 3 is 1.56 bits per heavy atom. The molecule has 1 saturated heterocycles. The second-order valence-electron chi connectivity index (χ2n) is 3.85. The number of nitrogens with zero attached hydrogens (tertiary/aromatic N) is 2. The summed E-state index contributed by atoms with van der Waals surface area (Å²) in [6, 6.07) is -0.308. The summed E-state index contributed by atoms with van der Waals surface area (Å²) in [5.41, 5.74) is 0. The Balaban J connectivity index is 3.00. The van der Waals surface area contributed by atoms with Gasteiger partial charge in [0.1, 0.15) is 0 Å². The Morgan fingerprint density at radius 1 is 1.00 bits per heavy atom. The van der Waals surface area contributed by atoms with Gasteiger partial charge in [0.2, 0.25) is 12.5 Å². The molecule has 0 N–H and O–H groups in total. The fraction of sp³-hybridized carbons (Fsp3) is 0.727. The summed E-state index contributed by atoms with van der Waals surface area (Å²) < 4.78 is 10.2. The van der Waals surface area contributed by atoms with Gasteiger partial charge in [0.05, 0.1) is 0 Å². The van der Waals surface area contributed by atoms with Gasteiger partial charge in [0, 0.05) is 26.9 Å². The number of rotatable bonds is 4. The Kier molecular flexibility index (Phi) is 4.52. The van der Waals surface area contributed by atoms with E-state index in [4.69, 9.17) is 9.47 Å². The molecule has 18 heavy (non-hydrogen) atoms. The molecule has 2 unspecified atom stereocenters. The lowest BCUT2D eigenvalue weighted by molar-refractivity contribution is -0.179. The zero-order chi connectivity index (χ0) is 13.9. The first-order valence-electron chi connectivity index (χ1n) is 5.84. The second-order valence-corrected chi connectivity index (χ2v) is 3.85. The number of urea groups is 1. The first-order valence-corrected chi connectivity index (χ1v) is 5.84. The standard InChI is InChI=1S/C11H18N2O5/c1-5-12-9(17-7(3)14)10(18-8(4)15)13(6-2)11(12)16/h9-10H,5-6H2,1-4H3. The Labute approximate surface area is 106 Å². The highest BCUT2D eigenvalue weighted by atomic mass is 16.6. The Morgan fingerprint density at radius 2 is 1.33 bits per heavy atom. The van der Waals surface area contributed by atoms with Crippen LogP contribution in [0, 0.1) is 0 Å². The molecule has 1 aliphatic heterocycles.